The molecule has 5 rings (SSSR count). The van der Waals surface area contributed by atoms with Crippen LogP contribution in [0.15, 0.2) is 78.4 Å². The summed E-state index contributed by atoms with van der Waals surface area (Å²) in [5.74, 6) is -0.761. The van der Waals surface area contributed by atoms with Crippen LogP contribution >= 0.6 is 0 Å². The van der Waals surface area contributed by atoms with Crippen molar-refractivity contribution < 1.29 is 24.2 Å². The number of aliphatic hydroxyl groups is 1. The van der Waals surface area contributed by atoms with Crippen molar-refractivity contribution in [1.82, 2.24) is 9.80 Å². The van der Waals surface area contributed by atoms with Crippen molar-refractivity contribution in [1.29, 1.82) is 0 Å². The van der Waals surface area contributed by atoms with E-state index in [0.717, 1.165) is 42.7 Å². The zero-order valence-electron chi connectivity index (χ0n) is 23.1. The first kappa shape index (κ1) is 27.6. The van der Waals surface area contributed by atoms with E-state index >= 15 is 0 Å². The highest BCUT2D eigenvalue weighted by molar-refractivity contribution is 6.46. The minimum absolute atomic E-state index is 0.119. The van der Waals surface area contributed by atoms with Gasteiger partial charge in [-0.1, -0.05) is 59.7 Å². The summed E-state index contributed by atoms with van der Waals surface area (Å²) < 4.78 is 11.3. The summed E-state index contributed by atoms with van der Waals surface area (Å²) in [6.45, 7) is 8.85. The minimum atomic E-state index is -0.658. The predicted molar refractivity (Wildman–Crippen MR) is 154 cm³/mol. The molecule has 0 radical (unpaired) electrons. The molecule has 2 saturated heterocycles. The Hall–Kier alpha value is -3.94. The molecule has 0 saturated carbocycles. The molecule has 40 heavy (non-hydrogen) atoms. The number of nitrogens with zero attached hydrogens (tertiary/aromatic N) is 2. The molecule has 3 aromatic rings. The van der Waals surface area contributed by atoms with Gasteiger partial charge in [0, 0.05) is 31.7 Å². The number of rotatable bonds is 9. The third-order valence-electron chi connectivity index (χ3n) is 7.53. The maximum absolute atomic E-state index is 13.3. The largest absolute Gasteiger partial charge is 0.507 e. The van der Waals surface area contributed by atoms with Gasteiger partial charge >= 0.3 is 0 Å². The summed E-state index contributed by atoms with van der Waals surface area (Å²) in [5, 5.41) is 11.4. The van der Waals surface area contributed by atoms with Gasteiger partial charge < -0.3 is 19.5 Å². The minimum Gasteiger partial charge on any atom is -0.507 e. The van der Waals surface area contributed by atoms with Gasteiger partial charge in [0.05, 0.1) is 24.8 Å². The molecule has 208 valence electrons. The van der Waals surface area contributed by atoms with E-state index in [2.05, 4.69) is 11.0 Å². The lowest BCUT2D eigenvalue weighted by atomic mass is 9.94. The summed E-state index contributed by atoms with van der Waals surface area (Å²) in [4.78, 5) is 30.5. The van der Waals surface area contributed by atoms with E-state index < -0.39 is 17.7 Å². The smallest absolute Gasteiger partial charge is 0.295 e. The number of hydrogen-bond donors (Lipinski definition) is 1. The van der Waals surface area contributed by atoms with Crippen LogP contribution in [-0.4, -0.2) is 66.0 Å². The summed E-state index contributed by atoms with van der Waals surface area (Å²) >= 11 is 0. The highest BCUT2D eigenvalue weighted by atomic mass is 16.5. The van der Waals surface area contributed by atoms with Gasteiger partial charge in [-0.3, -0.25) is 14.5 Å². The SMILES string of the molecule is Cc1ccc([C@H]2C(=C(O)c3ccc(OCc4cccc(C)c4)cc3)C(=O)C(=O)N2CCCN2CCOCC2)cc1. The highest BCUT2D eigenvalue weighted by Gasteiger charge is 2.45. The number of hydrogen-bond acceptors (Lipinski definition) is 6. The van der Waals surface area contributed by atoms with Gasteiger partial charge in [0.25, 0.3) is 11.7 Å². The molecular formula is C33H36N2O5. The molecule has 0 bridgehead atoms. The monoisotopic (exact) mass is 540 g/mol. The quantitative estimate of drug-likeness (QED) is 0.233. The normalized spacial score (nSPS) is 19.2. The number of carbonyl (C=O) groups is 2. The lowest BCUT2D eigenvalue weighted by molar-refractivity contribution is -0.140. The van der Waals surface area contributed by atoms with E-state index in [4.69, 9.17) is 9.47 Å². The Balaban J connectivity index is 1.38. The average Bonchev–Trinajstić information content (AvgIpc) is 3.22. The second-order valence-corrected chi connectivity index (χ2v) is 10.5. The number of likely N-dealkylation sites (tertiary alicyclic amines) is 1. The summed E-state index contributed by atoms with van der Waals surface area (Å²) in [7, 11) is 0. The van der Waals surface area contributed by atoms with Crippen LogP contribution in [0.3, 0.4) is 0 Å². The number of aliphatic hydroxyl groups excluding tert-OH is 1. The number of amides is 1. The fraction of sp³-hybridized carbons (Fsp3) is 0.333. The van der Waals surface area contributed by atoms with Gasteiger partial charge in [-0.25, -0.2) is 0 Å². The Kier molecular flexibility index (Phi) is 8.63. The Morgan fingerprint density at radius 1 is 0.925 bits per heavy atom. The Labute approximate surface area is 235 Å². The van der Waals surface area contributed by atoms with E-state index in [1.165, 1.54) is 5.56 Å². The van der Waals surface area contributed by atoms with Crippen molar-refractivity contribution in [2.24, 2.45) is 0 Å². The van der Waals surface area contributed by atoms with E-state index in [0.29, 0.717) is 37.7 Å². The maximum atomic E-state index is 13.3. The molecular weight excluding hydrogens is 504 g/mol. The Morgan fingerprint density at radius 3 is 2.35 bits per heavy atom. The summed E-state index contributed by atoms with van der Waals surface area (Å²) in [6, 6.07) is 22.2. The van der Waals surface area contributed by atoms with E-state index in [1.54, 1.807) is 29.2 Å². The molecule has 1 atom stereocenters. The number of benzene rings is 3. The van der Waals surface area contributed by atoms with Crippen LogP contribution < -0.4 is 4.74 Å². The van der Waals surface area contributed by atoms with Gasteiger partial charge in [-0.05, 0) is 55.7 Å². The predicted octanol–water partition coefficient (Wildman–Crippen LogP) is 5.03. The van der Waals surface area contributed by atoms with Crippen molar-refractivity contribution in [3.8, 4) is 5.75 Å². The van der Waals surface area contributed by atoms with Gasteiger partial charge in [0.1, 0.15) is 18.1 Å². The Morgan fingerprint density at radius 2 is 1.65 bits per heavy atom. The molecule has 7 heteroatoms. The molecule has 0 aromatic heterocycles. The van der Waals surface area contributed by atoms with Crippen molar-refractivity contribution in [3.05, 3.63) is 106 Å². The van der Waals surface area contributed by atoms with Gasteiger partial charge in [-0.2, -0.15) is 0 Å². The molecule has 7 nitrogen and oxygen atoms in total. The number of morpholine rings is 1. The first-order chi connectivity index (χ1) is 19.4. The van der Waals surface area contributed by atoms with Gasteiger partial charge in [-0.15, -0.1) is 0 Å². The van der Waals surface area contributed by atoms with Crippen LogP contribution in [0, 0.1) is 13.8 Å². The molecule has 2 aliphatic rings. The Bertz CT molecular complexity index is 1370. The fourth-order valence-electron chi connectivity index (χ4n) is 5.33. The molecule has 1 N–H and O–H groups in total. The maximum Gasteiger partial charge on any atom is 0.295 e. The van der Waals surface area contributed by atoms with Gasteiger partial charge in [0.15, 0.2) is 0 Å². The number of ketones is 1. The first-order valence-electron chi connectivity index (χ1n) is 13.8. The second kappa shape index (κ2) is 12.5. The van der Waals surface area contributed by atoms with E-state index in [1.807, 2.05) is 56.3 Å². The topological polar surface area (TPSA) is 79.3 Å². The molecule has 2 aliphatic heterocycles. The summed E-state index contributed by atoms with van der Waals surface area (Å²) in [6.07, 6.45) is 0.725. The lowest BCUT2D eigenvalue weighted by Gasteiger charge is -2.29. The number of carbonyl (C=O) groups excluding carboxylic acids is 2. The third-order valence-corrected chi connectivity index (χ3v) is 7.53. The van der Waals surface area contributed by atoms with Crippen molar-refractivity contribution >= 4 is 17.4 Å². The van der Waals surface area contributed by atoms with Crippen LogP contribution in [0.5, 0.6) is 5.75 Å². The molecule has 3 aromatic carbocycles. The van der Waals surface area contributed by atoms with Crippen LogP contribution in [0.1, 0.15) is 40.3 Å². The van der Waals surface area contributed by atoms with Crippen molar-refractivity contribution in [3.63, 3.8) is 0 Å². The average molecular weight is 541 g/mol. The van der Waals surface area contributed by atoms with Gasteiger partial charge in [0.2, 0.25) is 0 Å². The zero-order valence-corrected chi connectivity index (χ0v) is 23.1. The molecule has 0 aliphatic carbocycles. The van der Waals surface area contributed by atoms with E-state index in [-0.39, 0.29) is 11.3 Å². The van der Waals surface area contributed by atoms with Crippen LogP contribution in [0.25, 0.3) is 5.76 Å². The number of Topliss-reactive ketones (excluding diaryl/α,β-unsaturated/α-hetero) is 1. The fourth-order valence-corrected chi connectivity index (χ4v) is 5.33. The highest BCUT2D eigenvalue weighted by Crippen LogP contribution is 2.39. The first-order valence-corrected chi connectivity index (χ1v) is 13.8. The lowest BCUT2D eigenvalue weighted by Crippen LogP contribution is -2.38. The summed E-state index contributed by atoms with van der Waals surface area (Å²) in [5.41, 5.74) is 4.70. The molecule has 0 unspecified atom stereocenters. The molecule has 1 amide bonds. The standard InChI is InChI=1S/C33H36N2O5/c1-23-7-9-26(10-8-23)30-29(32(37)33(38)35(30)16-4-15-34-17-19-39-20-18-34)31(36)27-11-13-28(14-12-27)40-22-25-6-3-5-24(2)21-25/h3,5-14,21,30,36H,4,15-20,22H2,1-2H3/t30-/m0/s1. The molecule has 2 heterocycles. The second-order valence-electron chi connectivity index (χ2n) is 10.5. The van der Waals surface area contributed by atoms with Crippen LogP contribution in [0.2, 0.25) is 0 Å². The number of ether oxygens (including phenoxy) is 2. The zero-order chi connectivity index (χ0) is 28.1. The van der Waals surface area contributed by atoms with Crippen LogP contribution in [-0.2, 0) is 20.9 Å². The van der Waals surface area contributed by atoms with Crippen molar-refractivity contribution in [2.75, 3.05) is 39.4 Å². The van der Waals surface area contributed by atoms with E-state index in [9.17, 15) is 14.7 Å². The third kappa shape index (κ3) is 6.27. The number of aryl methyl sites for hydroxylation is 2. The van der Waals surface area contributed by atoms with Crippen molar-refractivity contribution in [2.45, 2.75) is 32.9 Å². The molecule has 0 spiro atoms. The van der Waals surface area contributed by atoms with Crippen LogP contribution in [0.4, 0.5) is 0 Å². The molecule has 2 fully saturated rings.